The van der Waals surface area contributed by atoms with Crippen LogP contribution in [-0.4, -0.2) is 41.1 Å². The highest BCUT2D eigenvalue weighted by atomic mass is 16.5. The van der Waals surface area contributed by atoms with Crippen molar-refractivity contribution in [2.24, 2.45) is 0 Å². The smallest absolute Gasteiger partial charge is 0.265 e. The van der Waals surface area contributed by atoms with Crippen LogP contribution in [0.15, 0.2) is 77.6 Å². The third-order valence-corrected chi connectivity index (χ3v) is 5.87. The number of fused-ring (bicyclic) bond motifs is 2. The third-order valence-electron chi connectivity index (χ3n) is 5.87. The topological polar surface area (TPSA) is 93.5 Å². The predicted molar refractivity (Wildman–Crippen MR) is 129 cm³/mol. The van der Waals surface area contributed by atoms with Gasteiger partial charge in [0.05, 0.1) is 28.8 Å². The molecule has 0 bridgehead atoms. The molecule has 8 nitrogen and oxygen atoms in total. The standard InChI is InChI=1S/C26H22N4O4/c1-16-28-20-8-4-3-7-19(20)26(33)30(16)18-13-11-17(12-14-18)25(32)29-15-23(24(31)27-2)34-22-10-6-5-9-21(22)29/h3-14,23H,15H2,1-2H3,(H,27,31). The van der Waals surface area contributed by atoms with E-state index in [0.29, 0.717) is 39.4 Å². The first kappa shape index (κ1) is 21.4. The lowest BCUT2D eigenvalue weighted by Gasteiger charge is -2.34. The van der Waals surface area contributed by atoms with Gasteiger partial charge in [-0.2, -0.15) is 0 Å². The van der Waals surface area contributed by atoms with Crippen LogP contribution in [0.4, 0.5) is 5.69 Å². The summed E-state index contributed by atoms with van der Waals surface area (Å²) in [6.07, 6.45) is -0.812. The van der Waals surface area contributed by atoms with Gasteiger partial charge in [-0.25, -0.2) is 4.98 Å². The van der Waals surface area contributed by atoms with E-state index < -0.39 is 6.10 Å². The number of ether oxygens (including phenoxy) is 1. The summed E-state index contributed by atoms with van der Waals surface area (Å²) in [5.74, 6) is 0.452. The molecule has 2 heterocycles. The number of hydrogen-bond acceptors (Lipinski definition) is 5. The normalized spacial score (nSPS) is 14.9. The number of carbonyl (C=O) groups excluding carboxylic acids is 2. The molecule has 1 atom stereocenters. The van der Waals surface area contributed by atoms with Crippen LogP contribution in [0.25, 0.3) is 16.6 Å². The van der Waals surface area contributed by atoms with Gasteiger partial charge >= 0.3 is 0 Å². The molecule has 4 aromatic rings. The minimum atomic E-state index is -0.812. The Morgan fingerprint density at radius 1 is 1.00 bits per heavy atom. The van der Waals surface area contributed by atoms with Crippen LogP contribution in [0.2, 0.25) is 0 Å². The fraction of sp³-hybridized carbons (Fsp3) is 0.154. The number of para-hydroxylation sites is 3. The number of carbonyl (C=O) groups is 2. The Morgan fingerprint density at radius 3 is 2.47 bits per heavy atom. The highest BCUT2D eigenvalue weighted by Crippen LogP contribution is 2.34. The number of benzene rings is 3. The number of nitrogens with zero attached hydrogens (tertiary/aromatic N) is 3. The van der Waals surface area contributed by atoms with E-state index in [4.69, 9.17) is 4.74 Å². The molecule has 0 saturated heterocycles. The molecular formula is C26H22N4O4. The van der Waals surface area contributed by atoms with Gasteiger partial charge in [-0.3, -0.25) is 19.0 Å². The Balaban J connectivity index is 1.50. The number of nitrogens with one attached hydrogen (secondary N) is 1. The van der Waals surface area contributed by atoms with E-state index in [1.165, 1.54) is 11.6 Å². The van der Waals surface area contributed by atoms with Crippen LogP contribution < -0.4 is 20.5 Å². The average Bonchev–Trinajstić information content (AvgIpc) is 2.87. The second kappa shape index (κ2) is 8.47. The predicted octanol–water partition coefficient (Wildman–Crippen LogP) is 2.85. The van der Waals surface area contributed by atoms with Crippen molar-refractivity contribution in [3.8, 4) is 11.4 Å². The van der Waals surface area contributed by atoms with Gasteiger partial charge in [0.15, 0.2) is 6.10 Å². The molecule has 34 heavy (non-hydrogen) atoms. The first-order valence-corrected chi connectivity index (χ1v) is 10.9. The van der Waals surface area contributed by atoms with Crippen LogP contribution >= 0.6 is 0 Å². The molecule has 1 aliphatic rings. The Bertz CT molecular complexity index is 1480. The maximum absolute atomic E-state index is 13.4. The summed E-state index contributed by atoms with van der Waals surface area (Å²) in [6.45, 7) is 1.86. The largest absolute Gasteiger partial charge is 0.477 e. The molecule has 0 spiro atoms. The van der Waals surface area contributed by atoms with Gasteiger partial charge in [-0.05, 0) is 55.5 Å². The van der Waals surface area contributed by atoms with Gasteiger partial charge in [-0.1, -0.05) is 24.3 Å². The first-order valence-electron chi connectivity index (χ1n) is 10.9. The number of aryl methyl sites for hydroxylation is 1. The Hall–Kier alpha value is -4.46. The molecule has 0 fully saturated rings. The highest BCUT2D eigenvalue weighted by molar-refractivity contribution is 6.08. The van der Waals surface area contributed by atoms with Gasteiger partial charge in [0, 0.05) is 12.6 Å². The van der Waals surface area contributed by atoms with Crippen LogP contribution in [0, 0.1) is 6.92 Å². The quantitative estimate of drug-likeness (QED) is 0.514. The number of rotatable bonds is 3. The van der Waals surface area contributed by atoms with Gasteiger partial charge in [0.1, 0.15) is 11.6 Å². The number of likely N-dealkylation sites (N-methyl/N-ethyl adjacent to an activating group) is 1. The molecule has 1 unspecified atom stereocenters. The number of anilines is 1. The summed E-state index contributed by atoms with van der Waals surface area (Å²) in [5.41, 5.74) is 2.11. The van der Waals surface area contributed by atoms with Crippen molar-refractivity contribution in [3.05, 3.63) is 94.5 Å². The van der Waals surface area contributed by atoms with Gasteiger partial charge in [0.2, 0.25) is 0 Å². The molecule has 1 N–H and O–H groups in total. The van der Waals surface area contributed by atoms with E-state index in [1.54, 1.807) is 66.4 Å². The zero-order chi connectivity index (χ0) is 23.8. The molecule has 2 amide bonds. The SMILES string of the molecule is CNC(=O)C1CN(C(=O)c2ccc(-n3c(C)nc4ccccc4c3=O)cc2)c2ccccc2O1. The molecule has 0 saturated carbocycles. The monoisotopic (exact) mass is 454 g/mol. The van der Waals surface area contributed by atoms with E-state index in [1.807, 2.05) is 18.2 Å². The Kier molecular flexibility index (Phi) is 5.33. The third kappa shape index (κ3) is 3.59. The number of amides is 2. The Labute approximate surface area is 195 Å². The summed E-state index contributed by atoms with van der Waals surface area (Å²) in [5, 5.41) is 3.10. The average molecular weight is 454 g/mol. The zero-order valence-corrected chi connectivity index (χ0v) is 18.7. The maximum atomic E-state index is 13.4. The van der Waals surface area contributed by atoms with E-state index >= 15 is 0 Å². The van der Waals surface area contributed by atoms with E-state index in [2.05, 4.69) is 10.3 Å². The van der Waals surface area contributed by atoms with Crippen molar-refractivity contribution >= 4 is 28.4 Å². The maximum Gasteiger partial charge on any atom is 0.265 e. The summed E-state index contributed by atoms with van der Waals surface area (Å²) < 4.78 is 7.32. The molecule has 0 aliphatic carbocycles. The van der Waals surface area contributed by atoms with E-state index in [9.17, 15) is 14.4 Å². The van der Waals surface area contributed by atoms with Crippen LogP contribution in [-0.2, 0) is 4.79 Å². The number of hydrogen-bond donors (Lipinski definition) is 1. The van der Waals surface area contributed by atoms with Crippen LogP contribution in [0.3, 0.4) is 0 Å². The molecule has 5 rings (SSSR count). The fourth-order valence-electron chi connectivity index (χ4n) is 4.18. The minimum absolute atomic E-state index is 0.0877. The zero-order valence-electron chi connectivity index (χ0n) is 18.7. The molecular weight excluding hydrogens is 432 g/mol. The van der Waals surface area contributed by atoms with E-state index in [0.717, 1.165) is 0 Å². The molecule has 1 aliphatic heterocycles. The van der Waals surface area contributed by atoms with Crippen LogP contribution in [0.5, 0.6) is 5.75 Å². The lowest BCUT2D eigenvalue weighted by atomic mass is 10.1. The Morgan fingerprint density at radius 2 is 1.71 bits per heavy atom. The second-order valence-corrected chi connectivity index (χ2v) is 7.97. The van der Waals surface area contributed by atoms with Crippen molar-refractivity contribution in [1.29, 1.82) is 0 Å². The summed E-state index contributed by atoms with van der Waals surface area (Å²) >= 11 is 0. The van der Waals surface area contributed by atoms with Crippen molar-refractivity contribution in [3.63, 3.8) is 0 Å². The van der Waals surface area contributed by atoms with Crippen molar-refractivity contribution < 1.29 is 14.3 Å². The summed E-state index contributed by atoms with van der Waals surface area (Å²) in [7, 11) is 1.53. The van der Waals surface area contributed by atoms with Gasteiger partial charge in [0.25, 0.3) is 17.4 Å². The van der Waals surface area contributed by atoms with Crippen LogP contribution in [0.1, 0.15) is 16.2 Å². The minimum Gasteiger partial charge on any atom is -0.477 e. The van der Waals surface area contributed by atoms with Crippen molar-refractivity contribution in [2.45, 2.75) is 13.0 Å². The van der Waals surface area contributed by atoms with E-state index in [-0.39, 0.29) is 23.9 Å². The van der Waals surface area contributed by atoms with Gasteiger partial charge < -0.3 is 15.0 Å². The molecule has 3 aromatic carbocycles. The number of aromatic nitrogens is 2. The molecule has 170 valence electrons. The lowest BCUT2D eigenvalue weighted by molar-refractivity contribution is -0.127. The molecule has 0 radical (unpaired) electrons. The summed E-state index contributed by atoms with van der Waals surface area (Å²) in [6, 6.07) is 21.1. The van der Waals surface area contributed by atoms with Crippen molar-refractivity contribution in [2.75, 3.05) is 18.5 Å². The van der Waals surface area contributed by atoms with Crippen molar-refractivity contribution in [1.82, 2.24) is 14.9 Å². The highest BCUT2D eigenvalue weighted by Gasteiger charge is 2.33. The first-order chi connectivity index (χ1) is 16.5. The summed E-state index contributed by atoms with van der Waals surface area (Å²) in [4.78, 5) is 44.8. The fourth-order valence-corrected chi connectivity index (χ4v) is 4.18. The second-order valence-electron chi connectivity index (χ2n) is 7.97. The molecule has 1 aromatic heterocycles. The van der Waals surface area contributed by atoms with Gasteiger partial charge in [-0.15, -0.1) is 0 Å². The molecule has 8 heteroatoms. The lowest BCUT2D eigenvalue weighted by Crippen LogP contribution is -2.50.